The van der Waals surface area contributed by atoms with Crippen LogP contribution in [-0.4, -0.2) is 36.6 Å². The Bertz CT molecular complexity index is 668. The van der Waals surface area contributed by atoms with Crippen molar-refractivity contribution in [3.05, 3.63) is 22.7 Å². The number of aromatic nitrogens is 1. The van der Waals surface area contributed by atoms with Gasteiger partial charge < -0.3 is 20.4 Å². The third-order valence-electron chi connectivity index (χ3n) is 4.30. The van der Waals surface area contributed by atoms with Gasteiger partial charge in [0.1, 0.15) is 0 Å². The molecule has 1 aliphatic rings. The molecular formula is C15H22N4O2. The summed E-state index contributed by atoms with van der Waals surface area (Å²) in [6.07, 6.45) is 3.68. The lowest BCUT2D eigenvalue weighted by Crippen LogP contribution is -2.30. The van der Waals surface area contributed by atoms with Crippen LogP contribution >= 0.6 is 0 Å². The van der Waals surface area contributed by atoms with E-state index in [9.17, 15) is 4.79 Å². The van der Waals surface area contributed by atoms with Gasteiger partial charge in [-0.15, -0.1) is 0 Å². The fourth-order valence-corrected chi connectivity index (χ4v) is 2.93. The van der Waals surface area contributed by atoms with Gasteiger partial charge in [0, 0.05) is 12.6 Å². The fraction of sp³-hybridized carbons (Fsp3) is 0.533. The molecule has 2 aromatic rings. The van der Waals surface area contributed by atoms with Crippen molar-refractivity contribution in [2.75, 3.05) is 37.7 Å². The normalized spacial score (nSPS) is 17.4. The Morgan fingerprint density at radius 3 is 2.95 bits per heavy atom. The first-order valence-corrected chi connectivity index (χ1v) is 7.46. The van der Waals surface area contributed by atoms with Crippen molar-refractivity contribution in [3.63, 3.8) is 0 Å². The summed E-state index contributed by atoms with van der Waals surface area (Å²) in [5.74, 6) is 0.334. The lowest BCUT2D eigenvalue weighted by atomic mass is 9.94. The number of nitrogens with zero attached hydrogens (tertiary/aromatic N) is 1. The average molecular weight is 290 g/mol. The minimum absolute atomic E-state index is 0.451. The number of oxazole rings is 1. The van der Waals surface area contributed by atoms with Gasteiger partial charge in [-0.1, -0.05) is 0 Å². The average Bonchev–Trinajstić information content (AvgIpc) is 2.80. The number of nitrogens with one attached hydrogen (secondary N) is 2. The maximum absolute atomic E-state index is 11.2. The highest BCUT2D eigenvalue weighted by Crippen LogP contribution is 2.25. The summed E-state index contributed by atoms with van der Waals surface area (Å²) in [5.41, 5.74) is 8.62. The molecule has 6 heteroatoms. The molecule has 3 rings (SSSR count). The molecule has 0 amide bonds. The molecule has 1 aromatic heterocycles. The van der Waals surface area contributed by atoms with Crippen LogP contribution in [0.15, 0.2) is 21.3 Å². The number of aromatic amines is 1. The topological polar surface area (TPSA) is 87.3 Å². The number of hydrogen-bond acceptors (Lipinski definition) is 5. The summed E-state index contributed by atoms with van der Waals surface area (Å²) in [7, 11) is 2.18. The fourth-order valence-electron chi connectivity index (χ4n) is 2.93. The summed E-state index contributed by atoms with van der Waals surface area (Å²) in [6.45, 7) is 3.27. The number of benzene rings is 1. The molecule has 0 aliphatic carbocycles. The van der Waals surface area contributed by atoms with Gasteiger partial charge in [-0.3, -0.25) is 4.98 Å². The first-order chi connectivity index (χ1) is 10.1. The van der Waals surface area contributed by atoms with Gasteiger partial charge >= 0.3 is 5.76 Å². The van der Waals surface area contributed by atoms with Gasteiger partial charge in [0.25, 0.3) is 0 Å². The second kappa shape index (κ2) is 5.81. The van der Waals surface area contributed by atoms with Crippen molar-refractivity contribution in [3.8, 4) is 0 Å². The van der Waals surface area contributed by atoms with Crippen LogP contribution in [0.2, 0.25) is 0 Å². The van der Waals surface area contributed by atoms with E-state index in [1.165, 1.54) is 25.9 Å². The third kappa shape index (κ3) is 3.21. The molecule has 2 heterocycles. The largest absolute Gasteiger partial charge is 0.417 e. The Hall–Kier alpha value is -1.95. The van der Waals surface area contributed by atoms with Crippen molar-refractivity contribution in [2.45, 2.75) is 19.3 Å². The number of anilines is 2. The quantitative estimate of drug-likeness (QED) is 0.748. The number of H-pyrrole nitrogens is 1. The number of fused-ring (bicyclic) bond motifs is 1. The zero-order valence-corrected chi connectivity index (χ0v) is 12.3. The van der Waals surface area contributed by atoms with Crippen LogP contribution in [0.25, 0.3) is 11.1 Å². The molecule has 0 atom stereocenters. The van der Waals surface area contributed by atoms with Crippen LogP contribution in [0.5, 0.6) is 0 Å². The maximum atomic E-state index is 11.2. The molecule has 1 aromatic carbocycles. The molecular weight excluding hydrogens is 268 g/mol. The summed E-state index contributed by atoms with van der Waals surface area (Å²) in [4.78, 5) is 16.2. The number of rotatable bonds is 4. The van der Waals surface area contributed by atoms with Crippen molar-refractivity contribution in [1.29, 1.82) is 0 Å². The monoisotopic (exact) mass is 290 g/mol. The first kappa shape index (κ1) is 14.0. The highest BCUT2D eigenvalue weighted by Gasteiger charge is 2.16. The zero-order valence-electron chi connectivity index (χ0n) is 12.3. The van der Waals surface area contributed by atoms with Gasteiger partial charge in [0.05, 0.1) is 16.9 Å². The van der Waals surface area contributed by atoms with Crippen LogP contribution in [0.3, 0.4) is 0 Å². The second-order valence-corrected chi connectivity index (χ2v) is 5.91. The number of piperidine rings is 1. The molecule has 0 bridgehead atoms. The Labute approximate surface area is 123 Å². The standard InChI is InChI=1S/C15H22N4O2/c1-19-6-3-10(4-7-19)2-5-17-12-9-13-14(8-11(12)16)21-15(20)18-13/h8-10,17H,2-7,16H2,1H3,(H,18,20). The minimum Gasteiger partial charge on any atom is -0.408 e. The van der Waals surface area contributed by atoms with E-state index in [2.05, 4.69) is 22.2 Å². The summed E-state index contributed by atoms with van der Waals surface area (Å²) < 4.78 is 4.99. The number of likely N-dealkylation sites (tertiary alicyclic amines) is 1. The predicted molar refractivity (Wildman–Crippen MR) is 84.6 cm³/mol. The molecule has 0 radical (unpaired) electrons. The second-order valence-electron chi connectivity index (χ2n) is 5.91. The first-order valence-electron chi connectivity index (χ1n) is 7.46. The molecule has 1 aliphatic heterocycles. The van der Waals surface area contributed by atoms with Gasteiger partial charge in [0.15, 0.2) is 5.58 Å². The van der Waals surface area contributed by atoms with Crippen molar-refractivity contribution < 1.29 is 4.42 Å². The Morgan fingerprint density at radius 2 is 2.19 bits per heavy atom. The van der Waals surface area contributed by atoms with Crippen molar-refractivity contribution in [2.24, 2.45) is 5.92 Å². The molecule has 0 unspecified atom stereocenters. The van der Waals surface area contributed by atoms with Crippen molar-refractivity contribution >= 4 is 22.5 Å². The van der Waals surface area contributed by atoms with Crippen LogP contribution in [0.1, 0.15) is 19.3 Å². The zero-order chi connectivity index (χ0) is 14.8. The smallest absolute Gasteiger partial charge is 0.408 e. The number of hydrogen-bond donors (Lipinski definition) is 3. The summed E-state index contributed by atoms with van der Waals surface area (Å²) in [5, 5.41) is 3.37. The molecule has 0 saturated carbocycles. The van der Waals surface area contributed by atoms with E-state index >= 15 is 0 Å². The number of nitrogen functional groups attached to an aromatic ring is 1. The van der Waals surface area contributed by atoms with Gasteiger partial charge in [0.2, 0.25) is 0 Å². The third-order valence-corrected chi connectivity index (χ3v) is 4.30. The Morgan fingerprint density at radius 1 is 1.43 bits per heavy atom. The van der Waals surface area contributed by atoms with Crippen LogP contribution in [0.4, 0.5) is 11.4 Å². The molecule has 114 valence electrons. The van der Waals surface area contributed by atoms with E-state index in [1.807, 2.05) is 6.07 Å². The Balaban J connectivity index is 1.60. The van der Waals surface area contributed by atoms with Crippen LogP contribution < -0.4 is 16.8 Å². The van der Waals surface area contributed by atoms with E-state index in [-0.39, 0.29) is 0 Å². The lowest BCUT2D eigenvalue weighted by molar-refractivity contribution is 0.215. The minimum atomic E-state index is -0.451. The molecule has 0 spiro atoms. The highest BCUT2D eigenvalue weighted by atomic mass is 16.4. The number of nitrogens with two attached hydrogens (primary N) is 1. The van der Waals surface area contributed by atoms with E-state index in [1.54, 1.807) is 6.07 Å². The van der Waals surface area contributed by atoms with Gasteiger partial charge in [-0.25, -0.2) is 4.79 Å². The molecule has 4 N–H and O–H groups in total. The molecule has 1 fully saturated rings. The highest BCUT2D eigenvalue weighted by molar-refractivity contribution is 5.85. The predicted octanol–water partition coefficient (Wildman–Crippen LogP) is 1.85. The van der Waals surface area contributed by atoms with Crippen LogP contribution in [0, 0.1) is 5.92 Å². The molecule has 21 heavy (non-hydrogen) atoms. The maximum Gasteiger partial charge on any atom is 0.417 e. The van der Waals surface area contributed by atoms with Gasteiger partial charge in [-0.2, -0.15) is 0 Å². The summed E-state index contributed by atoms with van der Waals surface area (Å²) in [6, 6.07) is 3.52. The SMILES string of the molecule is CN1CCC(CCNc2cc3[nH]c(=O)oc3cc2N)CC1. The van der Waals surface area contributed by atoms with Crippen LogP contribution in [-0.2, 0) is 0 Å². The van der Waals surface area contributed by atoms with E-state index in [0.717, 1.165) is 24.6 Å². The van der Waals surface area contributed by atoms with E-state index in [4.69, 9.17) is 10.2 Å². The molecule has 6 nitrogen and oxygen atoms in total. The lowest BCUT2D eigenvalue weighted by Gasteiger charge is -2.29. The van der Waals surface area contributed by atoms with E-state index in [0.29, 0.717) is 16.8 Å². The molecule has 1 saturated heterocycles. The van der Waals surface area contributed by atoms with Crippen molar-refractivity contribution in [1.82, 2.24) is 9.88 Å². The van der Waals surface area contributed by atoms with E-state index < -0.39 is 5.76 Å². The van der Waals surface area contributed by atoms with Gasteiger partial charge in [-0.05, 0) is 51.4 Å². The Kier molecular flexibility index (Phi) is 3.88. The summed E-state index contributed by atoms with van der Waals surface area (Å²) >= 11 is 0.